The summed E-state index contributed by atoms with van der Waals surface area (Å²) in [4.78, 5) is 62.8. The first-order valence-electron chi connectivity index (χ1n) is 13.2. The number of hydrogen-bond donors (Lipinski definition) is 4. The maximum atomic E-state index is 13.0. The molecule has 0 aromatic rings. The van der Waals surface area contributed by atoms with Crippen molar-refractivity contribution in [1.29, 1.82) is 0 Å². The van der Waals surface area contributed by atoms with Gasteiger partial charge in [-0.15, -0.1) is 0 Å². The molecule has 11 atom stereocenters. The average molecular weight is 599 g/mol. The smallest absolute Gasteiger partial charge is 0.341 e. The monoisotopic (exact) mass is 598 g/mol. The van der Waals surface area contributed by atoms with Crippen LogP contribution in [-0.4, -0.2) is 104 Å². The largest absolute Gasteiger partial charge is 0.459 e. The van der Waals surface area contributed by atoms with Gasteiger partial charge in [0.15, 0.2) is 35.6 Å². The molecule has 1 aliphatic heterocycles. The number of aliphatic hydroxyl groups excluding tert-OH is 1. The fourth-order valence-electron chi connectivity index (χ4n) is 6.40. The molecule has 3 rings (SSSR count). The van der Waals surface area contributed by atoms with Crippen molar-refractivity contribution >= 4 is 29.8 Å². The number of esters is 5. The van der Waals surface area contributed by atoms with Crippen molar-refractivity contribution in [3.63, 3.8) is 0 Å². The van der Waals surface area contributed by atoms with E-state index >= 15 is 0 Å². The van der Waals surface area contributed by atoms with Gasteiger partial charge in [-0.2, -0.15) is 0 Å². The Labute approximate surface area is 242 Å². The number of rotatable bonds is 4. The van der Waals surface area contributed by atoms with E-state index in [9.17, 15) is 44.4 Å². The molecule has 1 heterocycles. The Hall–Kier alpha value is -3.33. The van der Waals surface area contributed by atoms with E-state index in [4.69, 9.17) is 23.7 Å². The van der Waals surface area contributed by atoms with Gasteiger partial charge in [-0.3, -0.25) is 19.2 Å². The zero-order valence-electron chi connectivity index (χ0n) is 24.6. The molecular formula is C28H38O14. The Bertz CT molecular complexity index is 1220. The highest BCUT2D eigenvalue weighted by molar-refractivity contribution is 5.84. The number of hydrogen-bond acceptors (Lipinski definition) is 14. The van der Waals surface area contributed by atoms with Crippen LogP contribution in [0.4, 0.5) is 0 Å². The third kappa shape index (κ3) is 5.32. The molecule has 4 N–H and O–H groups in total. The second kappa shape index (κ2) is 11.1. The van der Waals surface area contributed by atoms with Crippen LogP contribution >= 0.6 is 0 Å². The molecule has 14 nitrogen and oxygen atoms in total. The highest BCUT2D eigenvalue weighted by Crippen LogP contribution is 2.56. The lowest BCUT2D eigenvalue weighted by Gasteiger charge is -2.57. The van der Waals surface area contributed by atoms with Gasteiger partial charge in [0.25, 0.3) is 0 Å². The molecule has 234 valence electrons. The molecule has 3 aliphatic rings. The molecule has 42 heavy (non-hydrogen) atoms. The summed E-state index contributed by atoms with van der Waals surface area (Å²) in [6, 6.07) is 0. The van der Waals surface area contributed by atoms with Crippen molar-refractivity contribution in [3.8, 4) is 0 Å². The molecule has 1 saturated heterocycles. The quantitative estimate of drug-likeness (QED) is 0.181. The zero-order valence-corrected chi connectivity index (χ0v) is 24.6. The number of carbonyl (C=O) groups excluding carboxylic acids is 5. The standard InChI is InChI=1S/C28H38O14/c1-12-11-18-28(37,27(8,36)24(34)42-18)23(41-16(5)32)21-25(6,10-9-17(33)26(21,7)35)22(40-15(4)31)20(39-14(3)30)19(12)38-13(2)29/h9-11,17-23,33,35-37H,1-8H3/b12-11-/t17-,18+,19+,20-,21-,22+,23-,25+,26-,27-,28+/m1/s1. The van der Waals surface area contributed by atoms with E-state index in [0.717, 1.165) is 53.7 Å². The molecule has 0 saturated carbocycles. The van der Waals surface area contributed by atoms with Crippen molar-refractivity contribution in [2.75, 3.05) is 0 Å². The van der Waals surface area contributed by atoms with E-state index < -0.39 is 94.6 Å². The molecule has 0 radical (unpaired) electrons. The minimum absolute atomic E-state index is 0.0257. The number of ether oxygens (including phenoxy) is 5. The lowest BCUT2D eigenvalue weighted by atomic mass is 9.53. The van der Waals surface area contributed by atoms with Crippen LogP contribution in [-0.2, 0) is 47.7 Å². The second-order valence-electron chi connectivity index (χ2n) is 11.7. The van der Waals surface area contributed by atoms with E-state index in [2.05, 4.69) is 0 Å². The van der Waals surface area contributed by atoms with E-state index in [1.54, 1.807) is 0 Å². The van der Waals surface area contributed by atoms with Crippen LogP contribution < -0.4 is 0 Å². The van der Waals surface area contributed by atoms with Crippen molar-refractivity contribution in [3.05, 3.63) is 23.8 Å². The first kappa shape index (κ1) is 33.2. The summed E-state index contributed by atoms with van der Waals surface area (Å²) in [5.74, 6) is -6.69. The van der Waals surface area contributed by atoms with Crippen molar-refractivity contribution in [2.45, 2.75) is 109 Å². The topological polar surface area (TPSA) is 212 Å². The van der Waals surface area contributed by atoms with Crippen molar-refractivity contribution < 1.29 is 68.1 Å². The van der Waals surface area contributed by atoms with Gasteiger partial charge in [0.2, 0.25) is 0 Å². The summed E-state index contributed by atoms with van der Waals surface area (Å²) < 4.78 is 27.8. The molecule has 0 bridgehead atoms. The van der Waals surface area contributed by atoms with E-state index in [0.29, 0.717) is 0 Å². The molecule has 0 aromatic heterocycles. The summed E-state index contributed by atoms with van der Waals surface area (Å²) in [5.41, 5.74) is -9.81. The first-order valence-corrected chi connectivity index (χ1v) is 13.2. The Morgan fingerprint density at radius 1 is 0.833 bits per heavy atom. The van der Waals surface area contributed by atoms with Gasteiger partial charge in [0, 0.05) is 39.0 Å². The number of carbonyl (C=O) groups is 5. The van der Waals surface area contributed by atoms with Gasteiger partial charge in [0.1, 0.15) is 12.2 Å². The molecule has 0 spiro atoms. The Balaban J connectivity index is 2.58. The van der Waals surface area contributed by atoms with Crippen LogP contribution in [0.2, 0.25) is 0 Å². The van der Waals surface area contributed by atoms with E-state index in [1.807, 2.05) is 0 Å². The van der Waals surface area contributed by atoms with Gasteiger partial charge < -0.3 is 44.1 Å². The minimum Gasteiger partial charge on any atom is -0.459 e. The van der Waals surface area contributed by atoms with E-state index in [-0.39, 0.29) is 5.57 Å². The fraction of sp³-hybridized carbons (Fsp3) is 0.679. The predicted molar refractivity (Wildman–Crippen MR) is 139 cm³/mol. The van der Waals surface area contributed by atoms with Gasteiger partial charge in [-0.05, 0) is 32.4 Å². The minimum atomic E-state index is -2.85. The van der Waals surface area contributed by atoms with Gasteiger partial charge in [-0.25, -0.2) is 4.79 Å². The molecule has 1 fully saturated rings. The lowest BCUT2D eigenvalue weighted by Crippen LogP contribution is -2.74. The predicted octanol–water partition coefficient (Wildman–Crippen LogP) is -0.615. The van der Waals surface area contributed by atoms with Crippen LogP contribution in [0.1, 0.15) is 55.4 Å². The maximum absolute atomic E-state index is 13.0. The SMILES string of the molecule is CC(=O)O[C@@H]1[C@@H](OC(C)=O)/C(C)=C\[C@@H]2OC(=O)[C@@](C)(O)[C@@]2(O)[C@H](OC(C)=O)[C@H]2[C@](C)(O)[C@H](O)C=C[C@]2(C)[C@H]1OC(C)=O. The second-order valence-corrected chi connectivity index (χ2v) is 11.7. The van der Waals surface area contributed by atoms with Crippen molar-refractivity contribution in [1.82, 2.24) is 0 Å². The van der Waals surface area contributed by atoms with E-state index in [1.165, 1.54) is 19.9 Å². The number of aliphatic hydroxyl groups is 4. The third-order valence-corrected chi connectivity index (χ3v) is 8.37. The third-order valence-electron chi connectivity index (χ3n) is 8.37. The number of fused-ring (bicyclic) bond motifs is 2. The van der Waals surface area contributed by atoms with Crippen LogP contribution in [0.5, 0.6) is 0 Å². The molecule has 2 aliphatic carbocycles. The summed E-state index contributed by atoms with van der Waals surface area (Å²) in [6.45, 7) is 9.00. The summed E-state index contributed by atoms with van der Waals surface area (Å²) >= 11 is 0. The zero-order chi connectivity index (χ0) is 32.2. The first-order chi connectivity index (χ1) is 19.1. The molecular weight excluding hydrogens is 560 g/mol. The van der Waals surface area contributed by atoms with Crippen molar-refractivity contribution in [2.24, 2.45) is 11.3 Å². The van der Waals surface area contributed by atoms with Gasteiger partial charge in [0.05, 0.1) is 5.60 Å². The Morgan fingerprint density at radius 3 is 1.83 bits per heavy atom. The average Bonchev–Trinajstić information content (AvgIpc) is 3.00. The Kier molecular flexibility index (Phi) is 8.74. The van der Waals surface area contributed by atoms with Gasteiger partial charge in [-0.1, -0.05) is 19.1 Å². The van der Waals surface area contributed by atoms with Crippen LogP contribution in [0, 0.1) is 11.3 Å². The summed E-state index contributed by atoms with van der Waals surface area (Å²) in [6.07, 6.45) is -6.78. The normalized spacial score (nSPS) is 44.3. The van der Waals surface area contributed by atoms with Crippen LogP contribution in [0.15, 0.2) is 23.8 Å². The fourth-order valence-corrected chi connectivity index (χ4v) is 6.40. The maximum Gasteiger partial charge on any atom is 0.341 e. The van der Waals surface area contributed by atoms with Crippen LogP contribution in [0.3, 0.4) is 0 Å². The highest BCUT2D eigenvalue weighted by Gasteiger charge is 2.75. The highest BCUT2D eigenvalue weighted by atomic mass is 16.6. The molecule has 14 heteroatoms. The lowest BCUT2D eigenvalue weighted by molar-refractivity contribution is -0.264. The van der Waals surface area contributed by atoms with Gasteiger partial charge >= 0.3 is 29.8 Å². The van der Waals surface area contributed by atoms with Crippen LogP contribution in [0.25, 0.3) is 0 Å². The Morgan fingerprint density at radius 2 is 1.33 bits per heavy atom. The summed E-state index contributed by atoms with van der Waals surface area (Å²) in [7, 11) is 0. The molecule has 0 aromatic carbocycles. The molecule has 0 amide bonds. The molecule has 0 unspecified atom stereocenters. The summed E-state index contributed by atoms with van der Waals surface area (Å²) in [5, 5.41) is 46.6.